The van der Waals surface area contributed by atoms with E-state index in [0.29, 0.717) is 24.5 Å². The molecule has 1 aromatic heterocycles. The highest BCUT2D eigenvalue weighted by Crippen LogP contribution is 2.38. The average Bonchev–Trinajstić information content (AvgIpc) is 3.36. The minimum atomic E-state index is -0.126. The Morgan fingerprint density at radius 1 is 0.972 bits per heavy atom. The largest absolute Gasteiger partial charge is 0.495 e. The first-order chi connectivity index (χ1) is 17.6. The predicted molar refractivity (Wildman–Crippen MR) is 147 cm³/mol. The fourth-order valence-electron chi connectivity index (χ4n) is 5.36. The average molecular weight is 502 g/mol. The topological polar surface area (TPSA) is 48.6 Å². The number of H-pyrrole nitrogens is 1. The van der Waals surface area contributed by atoms with Crippen molar-refractivity contribution >= 4 is 34.1 Å². The number of carbonyl (C=O) groups excluding carboxylic acids is 1. The molecule has 186 valence electrons. The molecule has 6 heteroatoms. The smallest absolute Gasteiger partial charge is 0.223 e. The molecule has 0 aliphatic carbocycles. The molecule has 2 heterocycles. The summed E-state index contributed by atoms with van der Waals surface area (Å²) in [5, 5.41) is 1.85. The van der Waals surface area contributed by atoms with E-state index in [9.17, 15) is 4.79 Å². The van der Waals surface area contributed by atoms with Crippen LogP contribution in [0.2, 0.25) is 5.02 Å². The molecule has 1 amide bonds. The summed E-state index contributed by atoms with van der Waals surface area (Å²) < 4.78 is 5.54. The molecule has 1 aliphatic rings. The van der Waals surface area contributed by atoms with E-state index in [1.54, 1.807) is 7.11 Å². The van der Waals surface area contributed by atoms with Crippen LogP contribution in [0.5, 0.6) is 5.75 Å². The fraction of sp³-hybridized carbons (Fsp3) is 0.300. The Balaban J connectivity index is 1.39. The van der Waals surface area contributed by atoms with Crippen LogP contribution in [0.15, 0.2) is 72.9 Å². The number of para-hydroxylation sites is 3. The number of methoxy groups -OCH3 is 1. The van der Waals surface area contributed by atoms with Crippen LogP contribution in [0.25, 0.3) is 10.9 Å². The lowest BCUT2D eigenvalue weighted by Crippen LogP contribution is -2.49. The maximum absolute atomic E-state index is 13.6. The van der Waals surface area contributed by atoms with Gasteiger partial charge >= 0.3 is 0 Å². The number of rotatable bonds is 7. The molecule has 5 rings (SSSR count). The summed E-state index contributed by atoms with van der Waals surface area (Å²) in [4.78, 5) is 21.4. The number of ether oxygens (including phenoxy) is 1. The number of aromatic nitrogens is 1. The van der Waals surface area contributed by atoms with Crippen molar-refractivity contribution in [1.82, 2.24) is 9.88 Å². The molecule has 36 heavy (non-hydrogen) atoms. The van der Waals surface area contributed by atoms with E-state index in [2.05, 4.69) is 47.3 Å². The van der Waals surface area contributed by atoms with Gasteiger partial charge in [-0.3, -0.25) is 4.79 Å². The molecule has 1 atom stereocenters. The molecule has 0 bridgehead atoms. The molecule has 4 aromatic rings. The van der Waals surface area contributed by atoms with Crippen molar-refractivity contribution < 1.29 is 9.53 Å². The predicted octanol–water partition coefficient (Wildman–Crippen LogP) is 6.26. The second-order valence-corrected chi connectivity index (χ2v) is 9.66. The highest BCUT2D eigenvalue weighted by molar-refractivity contribution is 6.31. The van der Waals surface area contributed by atoms with Gasteiger partial charge in [-0.05, 0) is 41.3 Å². The van der Waals surface area contributed by atoms with Crippen molar-refractivity contribution in [3.05, 3.63) is 94.6 Å². The van der Waals surface area contributed by atoms with Crippen molar-refractivity contribution in [1.29, 1.82) is 0 Å². The highest BCUT2D eigenvalue weighted by Gasteiger charge is 2.28. The van der Waals surface area contributed by atoms with Crippen LogP contribution < -0.4 is 9.64 Å². The zero-order valence-electron chi connectivity index (χ0n) is 20.8. The Bertz CT molecular complexity index is 1360. The minimum absolute atomic E-state index is 0.126. The van der Waals surface area contributed by atoms with Gasteiger partial charge in [0.05, 0.1) is 12.8 Å². The Kier molecular flexibility index (Phi) is 7.19. The van der Waals surface area contributed by atoms with Crippen LogP contribution >= 0.6 is 11.6 Å². The lowest BCUT2D eigenvalue weighted by molar-refractivity contribution is -0.131. The first-order valence-corrected chi connectivity index (χ1v) is 13.0. The zero-order chi connectivity index (χ0) is 25.1. The number of halogens is 1. The first-order valence-electron chi connectivity index (χ1n) is 12.6. The molecule has 0 radical (unpaired) electrons. The van der Waals surface area contributed by atoms with E-state index in [-0.39, 0.29) is 11.8 Å². The van der Waals surface area contributed by atoms with Crippen molar-refractivity contribution in [3.63, 3.8) is 0 Å². The summed E-state index contributed by atoms with van der Waals surface area (Å²) >= 11 is 6.68. The molecular weight excluding hydrogens is 470 g/mol. The number of aromatic amines is 1. The molecular formula is C30H32ClN3O2. The molecule has 1 fully saturated rings. The lowest BCUT2D eigenvalue weighted by Gasteiger charge is -2.37. The van der Waals surface area contributed by atoms with Gasteiger partial charge in [-0.25, -0.2) is 0 Å². The molecule has 0 spiro atoms. The van der Waals surface area contributed by atoms with Gasteiger partial charge in [0.25, 0.3) is 0 Å². The SMILES string of the molecule is CCc1cccc2c(C(CC(=O)N3CCN(c4ccccc4OC)CC3)c3ccccc3Cl)c[nH]c12. The maximum Gasteiger partial charge on any atom is 0.223 e. The monoisotopic (exact) mass is 501 g/mol. The van der Waals surface area contributed by atoms with Crippen molar-refractivity contribution in [2.24, 2.45) is 0 Å². The van der Waals surface area contributed by atoms with Gasteiger partial charge in [0.1, 0.15) is 5.75 Å². The van der Waals surface area contributed by atoms with Gasteiger partial charge in [0.2, 0.25) is 5.91 Å². The van der Waals surface area contributed by atoms with E-state index < -0.39 is 0 Å². The highest BCUT2D eigenvalue weighted by atomic mass is 35.5. The summed E-state index contributed by atoms with van der Waals surface area (Å²) in [5.74, 6) is 0.891. The lowest BCUT2D eigenvalue weighted by atomic mass is 9.87. The number of amides is 1. The molecule has 1 N–H and O–H groups in total. The van der Waals surface area contributed by atoms with Crippen LogP contribution in [-0.4, -0.2) is 49.1 Å². The Hall–Kier alpha value is -3.44. The van der Waals surface area contributed by atoms with Crippen molar-refractivity contribution in [3.8, 4) is 5.75 Å². The summed E-state index contributed by atoms with van der Waals surface area (Å²) in [6.07, 6.45) is 3.38. The number of fused-ring (bicyclic) bond motifs is 1. The Morgan fingerprint density at radius 2 is 1.72 bits per heavy atom. The Labute approximate surface area is 217 Å². The number of nitrogens with zero attached hydrogens (tertiary/aromatic N) is 2. The number of hydrogen-bond donors (Lipinski definition) is 1. The van der Waals surface area contributed by atoms with Crippen LogP contribution in [0.3, 0.4) is 0 Å². The van der Waals surface area contributed by atoms with E-state index in [4.69, 9.17) is 16.3 Å². The number of anilines is 1. The van der Waals surface area contributed by atoms with E-state index in [1.165, 1.54) is 5.56 Å². The molecule has 1 aliphatic heterocycles. The third kappa shape index (κ3) is 4.68. The number of aryl methyl sites for hydroxylation is 1. The van der Waals surface area contributed by atoms with Crippen LogP contribution in [-0.2, 0) is 11.2 Å². The number of hydrogen-bond acceptors (Lipinski definition) is 3. The molecule has 1 saturated heterocycles. The normalized spacial score (nSPS) is 14.8. The number of carbonyl (C=O) groups is 1. The van der Waals surface area contributed by atoms with Crippen LogP contribution in [0.1, 0.15) is 36.0 Å². The number of nitrogens with one attached hydrogen (secondary N) is 1. The summed E-state index contributed by atoms with van der Waals surface area (Å²) in [5.41, 5.74) is 5.60. The summed E-state index contributed by atoms with van der Waals surface area (Å²) in [6, 6.07) is 22.3. The third-order valence-electron chi connectivity index (χ3n) is 7.31. The van der Waals surface area contributed by atoms with Gasteiger partial charge in [-0.1, -0.05) is 67.1 Å². The Morgan fingerprint density at radius 3 is 2.47 bits per heavy atom. The summed E-state index contributed by atoms with van der Waals surface area (Å²) in [6.45, 7) is 5.07. The van der Waals surface area contributed by atoms with Gasteiger partial charge < -0.3 is 19.5 Å². The first kappa shape index (κ1) is 24.3. The zero-order valence-corrected chi connectivity index (χ0v) is 21.6. The molecule has 5 nitrogen and oxygen atoms in total. The van der Waals surface area contributed by atoms with Crippen LogP contribution in [0.4, 0.5) is 5.69 Å². The van der Waals surface area contributed by atoms with Crippen molar-refractivity contribution in [2.75, 3.05) is 38.2 Å². The molecule has 0 saturated carbocycles. The van der Waals surface area contributed by atoms with Crippen LogP contribution in [0, 0.1) is 0 Å². The molecule has 1 unspecified atom stereocenters. The van der Waals surface area contributed by atoms with E-state index in [0.717, 1.165) is 53.0 Å². The third-order valence-corrected chi connectivity index (χ3v) is 7.65. The van der Waals surface area contributed by atoms with Gasteiger partial charge in [0, 0.05) is 60.6 Å². The number of piperazine rings is 1. The van der Waals surface area contributed by atoms with Crippen molar-refractivity contribution in [2.45, 2.75) is 25.7 Å². The quantitative estimate of drug-likeness (QED) is 0.325. The second kappa shape index (κ2) is 10.7. The van der Waals surface area contributed by atoms with Gasteiger partial charge in [0.15, 0.2) is 0 Å². The maximum atomic E-state index is 13.6. The number of benzene rings is 3. The van der Waals surface area contributed by atoms with E-state index >= 15 is 0 Å². The standard InChI is InChI=1S/C30H32ClN3O2/c1-3-21-9-8-11-23-25(20-32-30(21)23)24(22-10-4-5-12-26(22)31)19-29(35)34-17-15-33(16-18-34)27-13-6-7-14-28(27)36-2/h4-14,20,24,32H,3,15-19H2,1-2H3. The molecule has 3 aromatic carbocycles. The van der Waals surface area contributed by atoms with E-state index in [1.807, 2.05) is 47.4 Å². The fourth-order valence-corrected chi connectivity index (χ4v) is 5.63. The van der Waals surface area contributed by atoms with Gasteiger partial charge in [-0.2, -0.15) is 0 Å². The van der Waals surface area contributed by atoms with Gasteiger partial charge in [-0.15, -0.1) is 0 Å². The summed E-state index contributed by atoms with van der Waals surface area (Å²) in [7, 11) is 1.70. The second-order valence-electron chi connectivity index (χ2n) is 9.26. The minimum Gasteiger partial charge on any atom is -0.495 e.